The maximum absolute atomic E-state index is 13.1. The van der Waals surface area contributed by atoms with E-state index in [-0.39, 0.29) is 11.9 Å². The maximum Gasteiger partial charge on any atom is 0.191 e. The molecule has 1 aromatic rings. The van der Waals surface area contributed by atoms with Crippen molar-refractivity contribution >= 4 is 5.96 Å². The van der Waals surface area contributed by atoms with E-state index in [0.29, 0.717) is 0 Å². The van der Waals surface area contributed by atoms with Crippen molar-refractivity contribution in [3.63, 3.8) is 0 Å². The lowest BCUT2D eigenvalue weighted by molar-refractivity contribution is 0.0782. The molecule has 0 atom stereocenters. The molecule has 0 aliphatic rings. The van der Waals surface area contributed by atoms with Gasteiger partial charge in [-0.3, -0.25) is 4.99 Å². The van der Waals surface area contributed by atoms with E-state index in [4.69, 9.17) is 4.74 Å². The molecule has 0 saturated heterocycles. The van der Waals surface area contributed by atoms with Gasteiger partial charge in [0.15, 0.2) is 5.96 Å². The number of nitrogens with zero attached hydrogens (tertiary/aromatic N) is 1. The Kier molecular flexibility index (Phi) is 9.23. The fourth-order valence-electron chi connectivity index (χ4n) is 1.93. The molecule has 0 saturated carbocycles. The maximum atomic E-state index is 13.1. The van der Waals surface area contributed by atoms with Crippen LogP contribution in [0.1, 0.15) is 32.8 Å². The van der Waals surface area contributed by atoms with E-state index in [9.17, 15) is 4.39 Å². The lowest BCUT2D eigenvalue weighted by Crippen LogP contribution is -2.38. The first-order valence-electron chi connectivity index (χ1n) is 8.00. The molecule has 0 radical (unpaired) electrons. The molecular formula is C17H28FN3O. The first-order chi connectivity index (χ1) is 10.6. The average molecular weight is 309 g/mol. The quantitative estimate of drug-likeness (QED) is 0.419. The van der Waals surface area contributed by atoms with Crippen molar-refractivity contribution in [2.75, 3.05) is 26.2 Å². The third-order valence-corrected chi connectivity index (χ3v) is 2.96. The number of ether oxygens (including phenoxy) is 1. The molecule has 2 N–H and O–H groups in total. The Balaban J connectivity index is 2.30. The van der Waals surface area contributed by atoms with Crippen LogP contribution in [0.5, 0.6) is 0 Å². The summed E-state index contributed by atoms with van der Waals surface area (Å²) in [4.78, 5) is 4.50. The summed E-state index contributed by atoms with van der Waals surface area (Å²) >= 11 is 0. The largest absolute Gasteiger partial charge is 0.379 e. The van der Waals surface area contributed by atoms with Gasteiger partial charge in [0.05, 0.1) is 6.10 Å². The Morgan fingerprint density at radius 3 is 2.82 bits per heavy atom. The Hall–Kier alpha value is -1.62. The summed E-state index contributed by atoms with van der Waals surface area (Å²) in [5.41, 5.74) is 0.980. The molecule has 124 valence electrons. The van der Waals surface area contributed by atoms with Crippen LogP contribution in [-0.4, -0.2) is 38.3 Å². The van der Waals surface area contributed by atoms with Crippen molar-refractivity contribution in [1.82, 2.24) is 10.6 Å². The third kappa shape index (κ3) is 8.62. The van der Waals surface area contributed by atoms with Gasteiger partial charge in [0, 0.05) is 26.2 Å². The van der Waals surface area contributed by atoms with Gasteiger partial charge in [-0.05, 0) is 51.3 Å². The number of hydrogen-bond donors (Lipinski definition) is 2. The number of aliphatic imine (C=N–C) groups is 1. The summed E-state index contributed by atoms with van der Waals surface area (Å²) in [6, 6.07) is 6.69. The third-order valence-electron chi connectivity index (χ3n) is 2.96. The lowest BCUT2D eigenvalue weighted by Gasteiger charge is -2.11. The monoisotopic (exact) mass is 309 g/mol. The molecule has 5 heteroatoms. The van der Waals surface area contributed by atoms with E-state index in [1.165, 1.54) is 6.07 Å². The van der Waals surface area contributed by atoms with Crippen molar-refractivity contribution in [2.45, 2.75) is 39.7 Å². The SMILES string of the molecule is CCNC(=NCCCOC(C)C)NCCc1cccc(F)c1. The van der Waals surface area contributed by atoms with Crippen LogP contribution >= 0.6 is 0 Å². The highest BCUT2D eigenvalue weighted by Gasteiger charge is 1.99. The molecule has 0 aliphatic heterocycles. The van der Waals surface area contributed by atoms with Gasteiger partial charge in [0.25, 0.3) is 0 Å². The molecule has 4 nitrogen and oxygen atoms in total. The van der Waals surface area contributed by atoms with E-state index in [1.807, 2.05) is 26.8 Å². The Labute approximate surface area is 133 Å². The van der Waals surface area contributed by atoms with Gasteiger partial charge in [-0.1, -0.05) is 12.1 Å². The molecule has 0 amide bonds. The van der Waals surface area contributed by atoms with Gasteiger partial charge >= 0.3 is 0 Å². The van der Waals surface area contributed by atoms with Crippen LogP contribution in [0.15, 0.2) is 29.3 Å². The van der Waals surface area contributed by atoms with Crippen molar-refractivity contribution in [1.29, 1.82) is 0 Å². The van der Waals surface area contributed by atoms with Gasteiger partial charge < -0.3 is 15.4 Å². The molecule has 0 heterocycles. The smallest absolute Gasteiger partial charge is 0.191 e. The summed E-state index contributed by atoms with van der Waals surface area (Å²) in [5.74, 6) is 0.603. The zero-order valence-electron chi connectivity index (χ0n) is 13.9. The highest BCUT2D eigenvalue weighted by Crippen LogP contribution is 2.03. The van der Waals surface area contributed by atoms with Gasteiger partial charge in [-0.15, -0.1) is 0 Å². The van der Waals surface area contributed by atoms with Crippen LogP contribution in [0.2, 0.25) is 0 Å². The molecule has 1 rings (SSSR count). The highest BCUT2D eigenvalue weighted by molar-refractivity contribution is 5.79. The van der Waals surface area contributed by atoms with Crippen molar-refractivity contribution < 1.29 is 9.13 Å². The van der Waals surface area contributed by atoms with Gasteiger partial charge in [-0.25, -0.2) is 4.39 Å². The number of halogens is 1. The molecule has 0 aromatic heterocycles. The van der Waals surface area contributed by atoms with E-state index in [2.05, 4.69) is 15.6 Å². The number of hydrogen-bond acceptors (Lipinski definition) is 2. The molecular weight excluding hydrogens is 281 g/mol. The number of guanidine groups is 1. The molecule has 0 unspecified atom stereocenters. The first-order valence-corrected chi connectivity index (χ1v) is 8.00. The van der Waals surface area contributed by atoms with Crippen LogP contribution in [0.3, 0.4) is 0 Å². The summed E-state index contributed by atoms with van der Waals surface area (Å²) in [6.07, 6.45) is 1.93. The second-order valence-electron chi connectivity index (χ2n) is 5.34. The van der Waals surface area contributed by atoms with Gasteiger partial charge in [-0.2, -0.15) is 0 Å². The van der Waals surface area contributed by atoms with Gasteiger partial charge in [0.1, 0.15) is 5.82 Å². The summed E-state index contributed by atoms with van der Waals surface area (Å²) in [5, 5.41) is 6.47. The van der Waals surface area contributed by atoms with Crippen LogP contribution in [0, 0.1) is 5.82 Å². The molecule has 22 heavy (non-hydrogen) atoms. The van der Waals surface area contributed by atoms with Crippen LogP contribution in [-0.2, 0) is 11.2 Å². The van der Waals surface area contributed by atoms with E-state index < -0.39 is 0 Å². The Bertz CT molecular complexity index is 449. The summed E-state index contributed by atoms with van der Waals surface area (Å²) in [7, 11) is 0. The Morgan fingerprint density at radius 2 is 2.14 bits per heavy atom. The fraction of sp³-hybridized carbons (Fsp3) is 0.588. The van der Waals surface area contributed by atoms with E-state index >= 15 is 0 Å². The second-order valence-corrected chi connectivity index (χ2v) is 5.34. The number of nitrogens with one attached hydrogen (secondary N) is 2. The second kappa shape index (κ2) is 11.0. The standard InChI is InChI=1S/C17H28FN3O/c1-4-19-17(20-10-6-12-22-14(2)3)21-11-9-15-7-5-8-16(18)13-15/h5,7-8,13-14H,4,6,9-12H2,1-3H3,(H2,19,20,21). The fourth-order valence-corrected chi connectivity index (χ4v) is 1.93. The first kappa shape index (κ1) is 18.4. The minimum absolute atomic E-state index is 0.191. The molecule has 1 aromatic carbocycles. The average Bonchev–Trinajstić information content (AvgIpc) is 2.46. The summed E-state index contributed by atoms with van der Waals surface area (Å²) in [6.45, 7) is 9.08. The zero-order chi connectivity index (χ0) is 16.2. The van der Waals surface area contributed by atoms with Crippen LogP contribution in [0.4, 0.5) is 4.39 Å². The van der Waals surface area contributed by atoms with Crippen LogP contribution in [0.25, 0.3) is 0 Å². The predicted octanol–water partition coefficient (Wildman–Crippen LogP) is 2.74. The van der Waals surface area contributed by atoms with Crippen molar-refractivity contribution in [3.8, 4) is 0 Å². The number of rotatable bonds is 9. The van der Waals surface area contributed by atoms with Crippen molar-refractivity contribution in [2.24, 2.45) is 4.99 Å². The summed E-state index contributed by atoms with van der Waals surface area (Å²) < 4.78 is 18.6. The van der Waals surface area contributed by atoms with Crippen LogP contribution < -0.4 is 10.6 Å². The molecule has 0 aliphatic carbocycles. The number of benzene rings is 1. The molecule has 0 fully saturated rings. The normalized spacial score (nSPS) is 11.8. The lowest BCUT2D eigenvalue weighted by atomic mass is 10.1. The molecule has 0 bridgehead atoms. The van der Waals surface area contributed by atoms with E-state index in [1.54, 1.807) is 12.1 Å². The van der Waals surface area contributed by atoms with E-state index in [0.717, 1.165) is 50.6 Å². The minimum Gasteiger partial charge on any atom is -0.379 e. The van der Waals surface area contributed by atoms with Crippen molar-refractivity contribution in [3.05, 3.63) is 35.6 Å². The predicted molar refractivity (Wildman–Crippen MR) is 89.8 cm³/mol. The minimum atomic E-state index is -0.191. The van der Waals surface area contributed by atoms with Gasteiger partial charge in [0.2, 0.25) is 0 Å². The molecule has 0 spiro atoms. The highest BCUT2D eigenvalue weighted by atomic mass is 19.1. The Morgan fingerprint density at radius 1 is 1.32 bits per heavy atom. The topological polar surface area (TPSA) is 45.7 Å². The zero-order valence-corrected chi connectivity index (χ0v) is 13.9.